The zero-order valence-electron chi connectivity index (χ0n) is 17.4. The summed E-state index contributed by atoms with van der Waals surface area (Å²) in [5.41, 5.74) is 2.07. The smallest absolute Gasteiger partial charge is 0.338 e. The number of esters is 1. The van der Waals surface area contributed by atoms with Gasteiger partial charge in [0, 0.05) is 10.8 Å². The predicted octanol–water partition coefficient (Wildman–Crippen LogP) is 5.52. The van der Waals surface area contributed by atoms with E-state index < -0.39 is 0 Å². The van der Waals surface area contributed by atoms with Crippen LogP contribution in [-0.4, -0.2) is 17.9 Å². The second kappa shape index (κ2) is 6.68. The molecular formula is C26H30O3. The maximum absolute atomic E-state index is 12.7. The lowest BCUT2D eigenvalue weighted by atomic mass is 9.48. The third-order valence-electron chi connectivity index (χ3n) is 8.73. The summed E-state index contributed by atoms with van der Waals surface area (Å²) in [6.07, 6.45) is 12.4. The molecule has 5 rings (SSSR count). The average molecular weight is 391 g/mol. The van der Waals surface area contributed by atoms with Gasteiger partial charge < -0.3 is 4.74 Å². The molecule has 0 radical (unpaired) electrons. The number of carbonyl (C=O) groups excluding carboxylic acids is 2. The second-order valence-electron chi connectivity index (χ2n) is 9.99. The van der Waals surface area contributed by atoms with Gasteiger partial charge in [0.2, 0.25) is 0 Å². The Morgan fingerprint density at radius 1 is 1.03 bits per heavy atom. The lowest BCUT2D eigenvalue weighted by molar-refractivity contribution is -0.111. The SMILES string of the molecule is CC12C=CC(=O)C=C1CCC1C2CCC2(C)C(OC(=O)c3ccccc3)CCC12. The Labute approximate surface area is 173 Å². The van der Waals surface area contributed by atoms with E-state index in [9.17, 15) is 9.59 Å². The van der Waals surface area contributed by atoms with Gasteiger partial charge in [0.15, 0.2) is 5.78 Å². The third kappa shape index (κ3) is 2.85. The third-order valence-corrected chi connectivity index (χ3v) is 8.73. The van der Waals surface area contributed by atoms with Crippen LogP contribution >= 0.6 is 0 Å². The summed E-state index contributed by atoms with van der Waals surface area (Å²) in [6.45, 7) is 4.70. The van der Waals surface area contributed by atoms with Gasteiger partial charge in [-0.15, -0.1) is 0 Å². The van der Waals surface area contributed by atoms with Gasteiger partial charge in [-0.2, -0.15) is 0 Å². The van der Waals surface area contributed by atoms with Crippen LogP contribution in [0.25, 0.3) is 0 Å². The van der Waals surface area contributed by atoms with Crippen LogP contribution in [0.1, 0.15) is 62.7 Å². The second-order valence-corrected chi connectivity index (χ2v) is 9.99. The molecule has 6 atom stereocenters. The van der Waals surface area contributed by atoms with Crippen LogP contribution in [0.2, 0.25) is 0 Å². The molecule has 3 saturated carbocycles. The first-order valence-electron chi connectivity index (χ1n) is 11.1. The molecule has 3 nitrogen and oxygen atoms in total. The largest absolute Gasteiger partial charge is 0.458 e. The highest BCUT2D eigenvalue weighted by Gasteiger charge is 2.59. The van der Waals surface area contributed by atoms with Gasteiger partial charge in [0.1, 0.15) is 6.10 Å². The number of rotatable bonds is 2. The molecule has 29 heavy (non-hydrogen) atoms. The Bertz CT molecular complexity index is 898. The highest BCUT2D eigenvalue weighted by Crippen LogP contribution is 2.64. The molecule has 0 aromatic heterocycles. The molecule has 1 aromatic carbocycles. The summed E-state index contributed by atoms with van der Waals surface area (Å²) in [4.78, 5) is 24.6. The Kier molecular flexibility index (Phi) is 4.34. The Hall–Kier alpha value is -2.16. The fraction of sp³-hybridized carbons (Fsp3) is 0.538. The van der Waals surface area contributed by atoms with Gasteiger partial charge in [-0.1, -0.05) is 43.7 Å². The molecule has 0 aliphatic heterocycles. The van der Waals surface area contributed by atoms with Gasteiger partial charge in [0.25, 0.3) is 0 Å². The number of benzene rings is 1. The van der Waals surface area contributed by atoms with Gasteiger partial charge in [-0.25, -0.2) is 4.79 Å². The van der Waals surface area contributed by atoms with E-state index in [4.69, 9.17) is 4.74 Å². The van der Waals surface area contributed by atoms with Crippen LogP contribution in [0, 0.1) is 28.6 Å². The van der Waals surface area contributed by atoms with Crippen molar-refractivity contribution in [2.75, 3.05) is 0 Å². The summed E-state index contributed by atoms with van der Waals surface area (Å²) in [6, 6.07) is 9.36. The van der Waals surface area contributed by atoms with E-state index in [1.54, 1.807) is 6.08 Å². The van der Waals surface area contributed by atoms with E-state index >= 15 is 0 Å². The van der Waals surface area contributed by atoms with Gasteiger partial charge in [-0.05, 0) is 80.6 Å². The molecular weight excluding hydrogens is 360 g/mol. The van der Waals surface area contributed by atoms with Crippen molar-refractivity contribution >= 4 is 11.8 Å². The van der Waals surface area contributed by atoms with E-state index in [0.717, 1.165) is 38.5 Å². The number of allylic oxidation sites excluding steroid dienone is 4. The number of fused-ring (bicyclic) bond motifs is 5. The minimum Gasteiger partial charge on any atom is -0.458 e. The fourth-order valence-electron chi connectivity index (χ4n) is 7.11. The first kappa shape index (κ1) is 18.8. The standard InChI is InChI=1S/C26H30O3/c1-25-14-12-19(27)16-18(25)8-9-20-21-10-11-23(26(21,2)15-13-22(20)25)29-24(28)17-6-4-3-5-7-17/h3-7,12,14,16,20-23H,8-11,13,15H2,1-2H3. The van der Waals surface area contributed by atoms with Crippen LogP contribution in [-0.2, 0) is 9.53 Å². The molecule has 152 valence electrons. The Morgan fingerprint density at radius 2 is 1.83 bits per heavy atom. The number of ketones is 1. The number of ether oxygens (including phenoxy) is 1. The lowest BCUT2D eigenvalue weighted by Crippen LogP contribution is -2.51. The lowest BCUT2D eigenvalue weighted by Gasteiger charge is -2.56. The summed E-state index contributed by atoms with van der Waals surface area (Å²) in [7, 11) is 0. The van der Waals surface area contributed by atoms with Crippen LogP contribution in [0.3, 0.4) is 0 Å². The summed E-state index contributed by atoms with van der Waals surface area (Å²) in [5, 5.41) is 0. The minimum absolute atomic E-state index is 0.00868. The van der Waals surface area contributed by atoms with Crippen molar-refractivity contribution in [3.8, 4) is 0 Å². The van der Waals surface area contributed by atoms with Gasteiger partial charge >= 0.3 is 5.97 Å². The Balaban J connectivity index is 1.37. The van der Waals surface area contributed by atoms with Crippen LogP contribution in [0.4, 0.5) is 0 Å². The monoisotopic (exact) mass is 390 g/mol. The molecule has 1 aromatic rings. The zero-order chi connectivity index (χ0) is 20.2. The van der Waals surface area contributed by atoms with Crippen LogP contribution in [0.5, 0.6) is 0 Å². The summed E-state index contributed by atoms with van der Waals surface area (Å²) < 4.78 is 6.09. The molecule has 0 amide bonds. The van der Waals surface area contributed by atoms with Crippen molar-refractivity contribution in [3.05, 3.63) is 59.7 Å². The van der Waals surface area contributed by atoms with Crippen molar-refractivity contribution in [2.24, 2.45) is 28.6 Å². The van der Waals surface area contributed by atoms with Crippen LogP contribution in [0.15, 0.2) is 54.1 Å². The maximum Gasteiger partial charge on any atom is 0.338 e. The normalized spacial score (nSPS) is 40.5. The molecule has 0 heterocycles. The topological polar surface area (TPSA) is 43.4 Å². The van der Waals surface area contributed by atoms with Crippen molar-refractivity contribution in [2.45, 2.75) is 58.5 Å². The first-order valence-corrected chi connectivity index (χ1v) is 11.1. The number of carbonyl (C=O) groups is 2. The quantitative estimate of drug-likeness (QED) is 0.625. The highest BCUT2D eigenvalue weighted by atomic mass is 16.5. The van der Waals surface area contributed by atoms with E-state index in [2.05, 4.69) is 19.9 Å². The molecule has 4 aliphatic carbocycles. The number of hydrogen-bond acceptors (Lipinski definition) is 3. The average Bonchev–Trinajstić information content (AvgIpc) is 3.05. The molecule has 3 heteroatoms. The van der Waals surface area contributed by atoms with Gasteiger partial charge in [0.05, 0.1) is 5.56 Å². The predicted molar refractivity (Wildman–Crippen MR) is 112 cm³/mol. The van der Waals surface area contributed by atoms with Crippen molar-refractivity contribution in [3.63, 3.8) is 0 Å². The molecule has 3 fully saturated rings. The van der Waals surface area contributed by atoms with Crippen molar-refractivity contribution < 1.29 is 14.3 Å². The highest BCUT2D eigenvalue weighted by molar-refractivity contribution is 6.01. The molecule has 4 aliphatic rings. The Morgan fingerprint density at radius 3 is 2.62 bits per heavy atom. The molecule has 0 bridgehead atoms. The van der Waals surface area contributed by atoms with Gasteiger partial charge in [-0.3, -0.25) is 4.79 Å². The molecule has 0 spiro atoms. The van der Waals surface area contributed by atoms with E-state index in [-0.39, 0.29) is 28.7 Å². The van der Waals surface area contributed by atoms with E-state index in [1.807, 2.05) is 36.4 Å². The zero-order valence-corrected chi connectivity index (χ0v) is 17.4. The van der Waals surface area contributed by atoms with E-state index in [1.165, 1.54) is 5.57 Å². The molecule has 6 unspecified atom stereocenters. The minimum atomic E-state index is -0.186. The summed E-state index contributed by atoms with van der Waals surface area (Å²) in [5.74, 6) is 1.79. The van der Waals surface area contributed by atoms with Crippen molar-refractivity contribution in [1.29, 1.82) is 0 Å². The number of hydrogen-bond donors (Lipinski definition) is 0. The molecule has 0 saturated heterocycles. The van der Waals surface area contributed by atoms with Crippen LogP contribution < -0.4 is 0 Å². The molecule has 0 N–H and O–H groups in total. The fourth-order valence-corrected chi connectivity index (χ4v) is 7.11. The van der Waals surface area contributed by atoms with Crippen molar-refractivity contribution in [1.82, 2.24) is 0 Å². The first-order chi connectivity index (χ1) is 13.9. The maximum atomic E-state index is 12.7. The van der Waals surface area contributed by atoms with E-state index in [0.29, 0.717) is 23.3 Å². The summed E-state index contributed by atoms with van der Waals surface area (Å²) >= 11 is 0.